The minimum absolute atomic E-state index is 0.0811. The van der Waals surface area contributed by atoms with Crippen LogP contribution in [0.1, 0.15) is 28.5 Å². The number of nitrogens with one attached hydrogen (secondary N) is 1. The van der Waals surface area contributed by atoms with E-state index in [1.165, 1.54) is 6.07 Å². The summed E-state index contributed by atoms with van der Waals surface area (Å²) in [6, 6.07) is 8.47. The molecule has 1 aromatic carbocycles. The summed E-state index contributed by atoms with van der Waals surface area (Å²) >= 11 is 0. The molecular weight excluding hydrogens is 489 g/mol. The molecule has 0 radical (unpaired) electrons. The SMILES string of the molecule is CCN1C(=O)C2COCCN2c2cc(-c3cc(NC(=O)c4ccnc(C(F)(F)F)c4)ccc3C)nnc21. The molecule has 0 saturated carbocycles. The fourth-order valence-electron chi connectivity index (χ4n) is 4.50. The lowest BCUT2D eigenvalue weighted by Gasteiger charge is -2.43. The second-order valence-electron chi connectivity index (χ2n) is 8.72. The number of amides is 2. The van der Waals surface area contributed by atoms with Gasteiger partial charge in [0, 0.05) is 36.1 Å². The number of morpholine rings is 1. The van der Waals surface area contributed by atoms with Crippen molar-refractivity contribution in [2.45, 2.75) is 26.1 Å². The summed E-state index contributed by atoms with van der Waals surface area (Å²) in [5, 5.41) is 11.4. The van der Waals surface area contributed by atoms with Crippen LogP contribution >= 0.6 is 0 Å². The zero-order valence-corrected chi connectivity index (χ0v) is 20.0. The summed E-state index contributed by atoms with van der Waals surface area (Å²) in [5.41, 5.74) is 1.91. The molecule has 1 unspecified atom stereocenters. The van der Waals surface area contributed by atoms with Gasteiger partial charge < -0.3 is 15.0 Å². The molecule has 1 saturated heterocycles. The first kappa shape index (κ1) is 24.6. The normalized spacial score (nSPS) is 17.3. The maximum absolute atomic E-state index is 13.0. The highest BCUT2D eigenvalue weighted by Gasteiger charge is 2.41. The molecule has 9 nitrogen and oxygen atoms in total. The third kappa shape index (κ3) is 4.59. The minimum atomic E-state index is -4.66. The van der Waals surface area contributed by atoms with Gasteiger partial charge in [0.1, 0.15) is 11.7 Å². The number of rotatable bonds is 4. The Kier molecular flexibility index (Phi) is 6.28. The van der Waals surface area contributed by atoms with Crippen LogP contribution in [-0.2, 0) is 15.7 Å². The van der Waals surface area contributed by atoms with Crippen LogP contribution in [0.3, 0.4) is 0 Å². The Hall–Kier alpha value is -4.06. The van der Waals surface area contributed by atoms with Gasteiger partial charge in [-0.05, 0) is 49.7 Å². The van der Waals surface area contributed by atoms with Crippen molar-refractivity contribution in [2.24, 2.45) is 0 Å². The molecule has 5 rings (SSSR count). The Morgan fingerprint density at radius 2 is 2.00 bits per heavy atom. The Bertz CT molecular complexity index is 1380. The number of hydrogen-bond acceptors (Lipinski definition) is 7. The number of carbonyl (C=O) groups is 2. The van der Waals surface area contributed by atoms with Gasteiger partial charge in [-0.2, -0.15) is 13.2 Å². The number of alkyl halides is 3. The second-order valence-corrected chi connectivity index (χ2v) is 8.72. The molecule has 37 heavy (non-hydrogen) atoms. The van der Waals surface area contributed by atoms with Crippen LogP contribution in [0, 0.1) is 6.92 Å². The number of ether oxygens (including phenoxy) is 1. The summed E-state index contributed by atoms with van der Waals surface area (Å²) in [5.74, 6) is -0.301. The number of carbonyl (C=O) groups excluding carboxylic acids is 2. The molecule has 1 N–H and O–H groups in total. The van der Waals surface area contributed by atoms with E-state index >= 15 is 0 Å². The van der Waals surface area contributed by atoms with Gasteiger partial charge in [-0.3, -0.25) is 19.5 Å². The van der Waals surface area contributed by atoms with Crippen molar-refractivity contribution >= 4 is 29.0 Å². The van der Waals surface area contributed by atoms with Crippen molar-refractivity contribution < 1.29 is 27.5 Å². The molecular formula is C25H23F3N6O3. The lowest BCUT2D eigenvalue weighted by molar-refractivity contribution is -0.141. The van der Waals surface area contributed by atoms with Crippen LogP contribution in [0.15, 0.2) is 42.6 Å². The summed E-state index contributed by atoms with van der Waals surface area (Å²) in [6.07, 6.45) is -3.71. The number of halogens is 3. The predicted molar refractivity (Wildman–Crippen MR) is 129 cm³/mol. The van der Waals surface area contributed by atoms with Crippen molar-refractivity contribution in [2.75, 3.05) is 41.4 Å². The molecule has 1 fully saturated rings. The van der Waals surface area contributed by atoms with Crippen LogP contribution in [0.2, 0.25) is 0 Å². The lowest BCUT2D eigenvalue weighted by atomic mass is 10.0. The summed E-state index contributed by atoms with van der Waals surface area (Å²) < 4.78 is 44.5. The number of benzene rings is 1. The van der Waals surface area contributed by atoms with E-state index in [-0.39, 0.29) is 18.1 Å². The van der Waals surface area contributed by atoms with Crippen molar-refractivity contribution in [3.8, 4) is 11.3 Å². The Balaban J connectivity index is 1.47. The largest absolute Gasteiger partial charge is 0.433 e. The van der Waals surface area contributed by atoms with E-state index in [0.29, 0.717) is 48.5 Å². The number of aryl methyl sites for hydroxylation is 1. The minimum Gasteiger partial charge on any atom is -0.377 e. The van der Waals surface area contributed by atoms with E-state index in [4.69, 9.17) is 4.74 Å². The van der Waals surface area contributed by atoms with Crippen LogP contribution in [0.5, 0.6) is 0 Å². The molecule has 0 bridgehead atoms. The maximum Gasteiger partial charge on any atom is 0.433 e. The Morgan fingerprint density at radius 3 is 2.76 bits per heavy atom. The molecule has 0 spiro atoms. The van der Waals surface area contributed by atoms with Gasteiger partial charge in [-0.15, -0.1) is 10.2 Å². The van der Waals surface area contributed by atoms with Crippen molar-refractivity contribution in [3.63, 3.8) is 0 Å². The fraction of sp³-hybridized carbons (Fsp3) is 0.320. The van der Waals surface area contributed by atoms with Crippen LogP contribution in [0.25, 0.3) is 11.3 Å². The molecule has 12 heteroatoms. The van der Waals surface area contributed by atoms with E-state index in [1.807, 2.05) is 24.8 Å². The van der Waals surface area contributed by atoms with E-state index < -0.39 is 23.8 Å². The zero-order chi connectivity index (χ0) is 26.3. The first-order valence-corrected chi connectivity index (χ1v) is 11.7. The van der Waals surface area contributed by atoms with E-state index in [9.17, 15) is 22.8 Å². The number of anilines is 3. The Labute approximate surface area is 210 Å². The van der Waals surface area contributed by atoms with E-state index in [0.717, 1.165) is 17.4 Å². The number of fused-ring (bicyclic) bond motifs is 3. The van der Waals surface area contributed by atoms with Crippen molar-refractivity contribution in [1.82, 2.24) is 15.2 Å². The number of aromatic nitrogens is 3. The molecule has 2 aliphatic rings. The number of hydrogen-bond donors (Lipinski definition) is 1. The molecule has 0 aliphatic carbocycles. The highest BCUT2D eigenvalue weighted by Crippen LogP contribution is 2.38. The third-order valence-electron chi connectivity index (χ3n) is 6.40. The molecule has 4 heterocycles. The summed E-state index contributed by atoms with van der Waals surface area (Å²) in [6.45, 7) is 5.49. The van der Waals surface area contributed by atoms with Gasteiger partial charge in [-0.25, -0.2) is 0 Å². The van der Waals surface area contributed by atoms with Crippen LogP contribution in [-0.4, -0.2) is 59.3 Å². The Morgan fingerprint density at radius 1 is 1.19 bits per heavy atom. The molecule has 2 aromatic heterocycles. The van der Waals surface area contributed by atoms with Crippen LogP contribution < -0.4 is 15.1 Å². The van der Waals surface area contributed by atoms with Gasteiger partial charge in [0.2, 0.25) is 0 Å². The van der Waals surface area contributed by atoms with E-state index in [1.54, 1.807) is 23.1 Å². The van der Waals surface area contributed by atoms with Crippen LogP contribution in [0.4, 0.5) is 30.4 Å². The quantitative estimate of drug-likeness (QED) is 0.569. The maximum atomic E-state index is 13.0. The predicted octanol–water partition coefficient (Wildman–Crippen LogP) is 3.69. The second kappa shape index (κ2) is 9.43. The topological polar surface area (TPSA) is 101 Å². The average Bonchev–Trinajstić information content (AvgIpc) is 2.89. The van der Waals surface area contributed by atoms with Gasteiger partial charge >= 0.3 is 6.18 Å². The molecule has 2 amide bonds. The molecule has 2 aliphatic heterocycles. The monoisotopic (exact) mass is 512 g/mol. The first-order valence-electron chi connectivity index (χ1n) is 11.7. The molecule has 3 aromatic rings. The number of nitrogens with zero attached hydrogens (tertiary/aromatic N) is 5. The van der Waals surface area contributed by atoms with E-state index in [2.05, 4.69) is 20.5 Å². The first-order chi connectivity index (χ1) is 17.7. The smallest absolute Gasteiger partial charge is 0.377 e. The lowest BCUT2D eigenvalue weighted by Crippen LogP contribution is -2.59. The fourth-order valence-corrected chi connectivity index (χ4v) is 4.50. The third-order valence-corrected chi connectivity index (χ3v) is 6.40. The average molecular weight is 512 g/mol. The summed E-state index contributed by atoms with van der Waals surface area (Å²) in [7, 11) is 0. The highest BCUT2D eigenvalue weighted by molar-refractivity contribution is 6.05. The number of likely N-dealkylation sites (N-methyl/N-ethyl adjacent to an activating group) is 1. The van der Waals surface area contributed by atoms with Crippen molar-refractivity contribution in [1.29, 1.82) is 0 Å². The molecule has 192 valence electrons. The zero-order valence-electron chi connectivity index (χ0n) is 20.0. The van der Waals surface area contributed by atoms with Gasteiger partial charge in [-0.1, -0.05) is 6.07 Å². The standard InChI is InChI=1S/C25H23F3N6O3/c1-3-33-22-19(34-8-9-37-13-20(34)24(33)36)12-18(31-32-22)17-11-16(5-4-14(17)2)30-23(35)15-6-7-29-21(10-15)25(26,27)28/h4-7,10-12,20H,3,8-9,13H2,1-2H3,(H,30,35). The number of pyridine rings is 1. The summed E-state index contributed by atoms with van der Waals surface area (Å²) in [4.78, 5) is 32.5. The van der Waals surface area contributed by atoms with Crippen molar-refractivity contribution in [3.05, 3.63) is 59.4 Å². The highest BCUT2D eigenvalue weighted by atomic mass is 19.4. The van der Waals surface area contributed by atoms with Gasteiger partial charge in [0.25, 0.3) is 11.8 Å². The molecule has 1 atom stereocenters. The van der Waals surface area contributed by atoms with Gasteiger partial charge in [0.05, 0.1) is 24.6 Å². The van der Waals surface area contributed by atoms with Gasteiger partial charge in [0.15, 0.2) is 5.82 Å².